The minimum atomic E-state index is 0.892. The summed E-state index contributed by atoms with van der Waals surface area (Å²) in [5.41, 5.74) is 6.36. The van der Waals surface area contributed by atoms with E-state index in [9.17, 15) is 0 Å². The average Bonchev–Trinajstić information content (AvgIpc) is 2.98. The maximum atomic E-state index is 3.63. The van der Waals surface area contributed by atoms with Crippen LogP contribution in [-0.4, -0.2) is 4.57 Å². The summed E-state index contributed by atoms with van der Waals surface area (Å²) in [6.45, 7) is 3.03. The molecule has 0 spiro atoms. The maximum absolute atomic E-state index is 3.63. The van der Waals surface area contributed by atoms with Crippen LogP contribution < -0.4 is 0 Å². The number of nitrogens with zero attached hydrogens (tertiary/aromatic N) is 1. The molecule has 0 amide bonds. The van der Waals surface area contributed by atoms with Crippen molar-refractivity contribution in [3.63, 3.8) is 0 Å². The number of hydrogen-bond donors (Lipinski definition) is 0. The van der Waals surface area contributed by atoms with Crippen LogP contribution in [0.15, 0.2) is 83.5 Å². The Morgan fingerprint density at radius 3 is 2.46 bits per heavy atom. The first-order valence-corrected chi connectivity index (χ1v) is 8.89. The quantitative estimate of drug-likeness (QED) is 0.388. The van der Waals surface area contributed by atoms with Gasteiger partial charge in [-0.25, -0.2) is 0 Å². The fraction of sp³-hybridized carbons (Fsp3) is 0.0909. The number of fused-ring (bicyclic) bond motifs is 1. The highest BCUT2D eigenvalue weighted by molar-refractivity contribution is 9.10. The Kier molecular flexibility index (Phi) is 3.99. The monoisotopic (exact) mass is 375 g/mol. The zero-order valence-electron chi connectivity index (χ0n) is 13.5. The van der Waals surface area contributed by atoms with Gasteiger partial charge in [0.25, 0.3) is 0 Å². The predicted molar refractivity (Wildman–Crippen MR) is 105 cm³/mol. The van der Waals surface area contributed by atoms with Gasteiger partial charge in [0.15, 0.2) is 0 Å². The van der Waals surface area contributed by atoms with Crippen LogP contribution in [0.2, 0.25) is 0 Å². The van der Waals surface area contributed by atoms with Crippen molar-refractivity contribution >= 4 is 26.8 Å². The lowest BCUT2D eigenvalue weighted by atomic mass is 10.0. The summed E-state index contributed by atoms with van der Waals surface area (Å²) in [5.74, 6) is 0. The number of rotatable bonds is 3. The summed E-state index contributed by atoms with van der Waals surface area (Å²) in [6, 6.07) is 26.0. The standard InChI is InChI=1S/C22H18BrN/c1-16-6-11-22-19(14-16)12-13-24(22)15-17-7-9-18(10-8-17)20-4-2-3-5-21(20)23/h2-14H,15H2,1H3. The number of benzene rings is 3. The molecule has 1 nitrogen and oxygen atoms in total. The lowest BCUT2D eigenvalue weighted by molar-refractivity contribution is 0.837. The van der Waals surface area contributed by atoms with E-state index >= 15 is 0 Å². The Labute approximate surface area is 150 Å². The highest BCUT2D eigenvalue weighted by Crippen LogP contribution is 2.28. The Bertz CT molecular complexity index is 996. The summed E-state index contributed by atoms with van der Waals surface area (Å²) >= 11 is 3.63. The number of aromatic nitrogens is 1. The number of halogens is 1. The molecule has 0 bridgehead atoms. The molecule has 0 saturated carbocycles. The molecule has 0 aliphatic rings. The SMILES string of the molecule is Cc1ccc2c(ccn2Cc2ccc(-c3ccccc3Br)cc2)c1. The van der Waals surface area contributed by atoms with Gasteiger partial charge in [-0.05, 0) is 53.3 Å². The average molecular weight is 376 g/mol. The van der Waals surface area contributed by atoms with E-state index in [0.29, 0.717) is 0 Å². The second-order valence-electron chi connectivity index (χ2n) is 6.18. The van der Waals surface area contributed by atoms with Crippen molar-refractivity contribution < 1.29 is 0 Å². The predicted octanol–water partition coefficient (Wildman–Crippen LogP) is 6.43. The van der Waals surface area contributed by atoms with E-state index in [4.69, 9.17) is 0 Å². The molecular weight excluding hydrogens is 358 g/mol. The molecule has 118 valence electrons. The van der Waals surface area contributed by atoms with E-state index in [-0.39, 0.29) is 0 Å². The lowest BCUT2D eigenvalue weighted by Crippen LogP contribution is -1.97. The van der Waals surface area contributed by atoms with Crippen molar-refractivity contribution in [2.75, 3.05) is 0 Å². The molecule has 0 N–H and O–H groups in total. The fourth-order valence-corrected chi connectivity index (χ4v) is 3.65. The molecule has 24 heavy (non-hydrogen) atoms. The highest BCUT2D eigenvalue weighted by atomic mass is 79.9. The van der Waals surface area contributed by atoms with Crippen LogP contribution >= 0.6 is 15.9 Å². The van der Waals surface area contributed by atoms with E-state index in [1.165, 1.54) is 33.2 Å². The molecule has 4 rings (SSSR count). The zero-order valence-corrected chi connectivity index (χ0v) is 15.1. The van der Waals surface area contributed by atoms with Gasteiger partial charge in [-0.1, -0.05) is 70.0 Å². The van der Waals surface area contributed by atoms with Crippen LogP contribution in [0.25, 0.3) is 22.0 Å². The Morgan fingerprint density at radius 1 is 0.875 bits per heavy atom. The molecule has 2 heteroatoms. The minimum Gasteiger partial charge on any atom is -0.343 e. The Balaban J connectivity index is 1.62. The molecular formula is C22H18BrN. The van der Waals surface area contributed by atoms with Crippen molar-refractivity contribution in [3.05, 3.63) is 94.6 Å². The van der Waals surface area contributed by atoms with Gasteiger partial charge in [0.1, 0.15) is 0 Å². The van der Waals surface area contributed by atoms with E-state index < -0.39 is 0 Å². The van der Waals surface area contributed by atoms with Crippen molar-refractivity contribution in [1.29, 1.82) is 0 Å². The summed E-state index contributed by atoms with van der Waals surface area (Å²) in [4.78, 5) is 0. The second kappa shape index (κ2) is 6.29. The summed E-state index contributed by atoms with van der Waals surface area (Å²) in [6.07, 6.45) is 2.17. The smallest absolute Gasteiger partial charge is 0.0483 e. The second-order valence-corrected chi connectivity index (χ2v) is 7.04. The van der Waals surface area contributed by atoms with E-state index in [1.54, 1.807) is 0 Å². The van der Waals surface area contributed by atoms with E-state index in [2.05, 4.69) is 100 Å². The molecule has 1 heterocycles. The van der Waals surface area contributed by atoms with Crippen molar-refractivity contribution in [1.82, 2.24) is 4.57 Å². The third-order valence-corrected chi connectivity index (χ3v) is 5.11. The summed E-state index contributed by atoms with van der Waals surface area (Å²) < 4.78 is 3.44. The normalized spacial score (nSPS) is 11.1. The van der Waals surface area contributed by atoms with Crippen LogP contribution in [-0.2, 0) is 6.54 Å². The third kappa shape index (κ3) is 2.90. The number of aryl methyl sites for hydroxylation is 1. The van der Waals surface area contributed by atoms with Crippen LogP contribution in [0.1, 0.15) is 11.1 Å². The van der Waals surface area contributed by atoms with Crippen LogP contribution in [0.4, 0.5) is 0 Å². The molecule has 0 atom stereocenters. The fourth-order valence-electron chi connectivity index (χ4n) is 3.14. The molecule has 0 unspecified atom stereocenters. The summed E-state index contributed by atoms with van der Waals surface area (Å²) in [7, 11) is 0. The molecule has 3 aromatic carbocycles. The topological polar surface area (TPSA) is 4.93 Å². The van der Waals surface area contributed by atoms with Gasteiger partial charge in [0, 0.05) is 22.7 Å². The van der Waals surface area contributed by atoms with Gasteiger partial charge < -0.3 is 4.57 Å². The first-order chi connectivity index (χ1) is 11.7. The van der Waals surface area contributed by atoms with E-state index in [1.807, 2.05) is 6.07 Å². The molecule has 4 aromatic rings. The van der Waals surface area contributed by atoms with Gasteiger partial charge in [-0.2, -0.15) is 0 Å². The van der Waals surface area contributed by atoms with Gasteiger partial charge in [0.2, 0.25) is 0 Å². The number of hydrogen-bond acceptors (Lipinski definition) is 0. The van der Waals surface area contributed by atoms with Crippen molar-refractivity contribution in [3.8, 4) is 11.1 Å². The minimum absolute atomic E-state index is 0.892. The van der Waals surface area contributed by atoms with Crippen LogP contribution in [0.3, 0.4) is 0 Å². The summed E-state index contributed by atoms with van der Waals surface area (Å²) in [5, 5.41) is 1.31. The van der Waals surface area contributed by atoms with Crippen molar-refractivity contribution in [2.45, 2.75) is 13.5 Å². The highest BCUT2D eigenvalue weighted by Gasteiger charge is 2.04. The van der Waals surface area contributed by atoms with Gasteiger partial charge >= 0.3 is 0 Å². The molecule has 1 aromatic heterocycles. The Hall–Kier alpha value is -2.32. The zero-order chi connectivity index (χ0) is 16.5. The van der Waals surface area contributed by atoms with Gasteiger partial charge in [0.05, 0.1) is 0 Å². The van der Waals surface area contributed by atoms with Gasteiger partial charge in [-0.15, -0.1) is 0 Å². The Morgan fingerprint density at radius 2 is 1.67 bits per heavy atom. The van der Waals surface area contributed by atoms with Crippen LogP contribution in [0, 0.1) is 6.92 Å². The first kappa shape index (κ1) is 15.2. The van der Waals surface area contributed by atoms with E-state index in [0.717, 1.165) is 11.0 Å². The first-order valence-electron chi connectivity index (χ1n) is 8.10. The molecule has 0 radical (unpaired) electrons. The lowest BCUT2D eigenvalue weighted by Gasteiger charge is -2.09. The third-order valence-electron chi connectivity index (χ3n) is 4.42. The molecule has 0 aliphatic heterocycles. The largest absolute Gasteiger partial charge is 0.343 e. The van der Waals surface area contributed by atoms with Crippen LogP contribution in [0.5, 0.6) is 0 Å². The molecule has 0 fully saturated rings. The maximum Gasteiger partial charge on any atom is 0.0483 e. The van der Waals surface area contributed by atoms with Crippen molar-refractivity contribution in [2.24, 2.45) is 0 Å². The molecule has 0 aliphatic carbocycles. The van der Waals surface area contributed by atoms with Gasteiger partial charge in [-0.3, -0.25) is 0 Å². The molecule has 0 saturated heterocycles.